The zero-order valence-corrected chi connectivity index (χ0v) is 9.03. The van der Waals surface area contributed by atoms with Gasteiger partial charge in [-0.1, -0.05) is 11.6 Å². The van der Waals surface area contributed by atoms with E-state index in [-0.39, 0.29) is 10.8 Å². The fourth-order valence-electron chi connectivity index (χ4n) is 0.792. The minimum absolute atomic E-state index is 0.136. The third-order valence-corrected chi connectivity index (χ3v) is 2.80. The van der Waals surface area contributed by atoms with E-state index in [1.807, 2.05) is 22.6 Å². The molecule has 12 heavy (non-hydrogen) atoms. The summed E-state index contributed by atoms with van der Waals surface area (Å²) in [6.07, 6.45) is -2.56. The molecule has 0 aliphatic rings. The van der Waals surface area contributed by atoms with Gasteiger partial charge in [-0.2, -0.15) is 0 Å². The second-order valence-corrected chi connectivity index (χ2v) is 3.78. The van der Waals surface area contributed by atoms with Crippen molar-refractivity contribution in [2.75, 3.05) is 0 Å². The lowest BCUT2D eigenvalue weighted by molar-refractivity contribution is 0.145. The molecule has 0 saturated carbocycles. The molecule has 5 heteroatoms. The quantitative estimate of drug-likeness (QED) is 0.571. The molecule has 0 amide bonds. The van der Waals surface area contributed by atoms with Crippen molar-refractivity contribution in [3.05, 3.63) is 26.0 Å². The maximum absolute atomic E-state index is 12.2. The average Bonchev–Trinajstić information content (AvgIpc) is 1.96. The predicted molar refractivity (Wildman–Crippen MR) is 51.7 cm³/mol. The molecule has 0 saturated heterocycles. The lowest BCUT2D eigenvalue weighted by atomic mass is 10.2. The first kappa shape index (κ1) is 10.1. The highest BCUT2D eigenvalue weighted by Gasteiger charge is 2.14. The van der Waals surface area contributed by atoms with E-state index in [1.54, 1.807) is 13.0 Å². The van der Waals surface area contributed by atoms with Gasteiger partial charge in [-0.3, -0.25) is 0 Å². The molecule has 0 aromatic carbocycles. The standard InChI is InChI=1S/C7H5ClF2IN/c1-3-2-4(11)6(8)12-5(3)7(9)10/h2,7H,1H3. The molecule has 0 radical (unpaired) electrons. The molecule has 66 valence electrons. The van der Waals surface area contributed by atoms with E-state index in [0.29, 0.717) is 9.13 Å². The summed E-state index contributed by atoms with van der Waals surface area (Å²) in [5.41, 5.74) is 0.235. The van der Waals surface area contributed by atoms with Crippen LogP contribution in [0, 0.1) is 10.5 Å². The summed E-state index contributed by atoms with van der Waals surface area (Å²) in [7, 11) is 0. The monoisotopic (exact) mass is 303 g/mol. The van der Waals surface area contributed by atoms with Crippen LogP contribution in [-0.4, -0.2) is 4.98 Å². The van der Waals surface area contributed by atoms with Crippen LogP contribution in [0.1, 0.15) is 17.7 Å². The highest BCUT2D eigenvalue weighted by Crippen LogP contribution is 2.25. The van der Waals surface area contributed by atoms with E-state index in [2.05, 4.69) is 4.98 Å². The second-order valence-electron chi connectivity index (χ2n) is 2.26. The topological polar surface area (TPSA) is 12.9 Å². The van der Waals surface area contributed by atoms with Crippen molar-refractivity contribution in [1.29, 1.82) is 0 Å². The smallest absolute Gasteiger partial charge is 0.234 e. The van der Waals surface area contributed by atoms with Crippen LogP contribution in [0.2, 0.25) is 5.15 Å². The highest BCUT2D eigenvalue weighted by atomic mass is 127. The Hall–Kier alpha value is 0.0300. The van der Waals surface area contributed by atoms with Gasteiger partial charge >= 0.3 is 0 Å². The van der Waals surface area contributed by atoms with Gasteiger partial charge in [-0.05, 0) is 41.1 Å². The molecule has 0 aliphatic carbocycles. The van der Waals surface area contributed by atoms with Gasteiger partial charge in [0.05, 0.1) is 3.57 Å². The first-order valence-corrected chi connectivity index (χ1v) is 4.58. The molecule has 0 atom stereocenters. The number of nitrogens with zero attached hydrogens (tertiary/aromatic N) is 1. The van der Waals surface area contributed by atoms with Gasteiger partial charge in [0, 0.05) is 0 Å². The Morgan fingerprint density at radius 2 is 2.17 bits per heavy atom. The summed E-state index contributed by atoms with van der Waals surface area (Å²) in [6, 6.07) is 1.59. The van der Waals surface area contributed by atoms with Gasteiger partial charge in [0.2, 0.25) is 0 Å². The Kier molecular flexibility index (Phi) is 3.22. The molecule has 0 unspecified atom stereocenters. The Bertz CT molecular complexity index is 304. The van der Waals surface area contributed by atoms with Gasteiger partial charge in [0.15, 0.2) is 0 Å². The summed E-state index contributed by atoms with van der Waals surface area (Å²) in [6.45, 7) is 1.59. The van der Waals surface area contributed by atoms with Crippen molar-refractivity contribution in [3.63, 3.8) is 0 Å². The summed E-state index contributed by atoms with van der Waals surface area (Å²) in [5.74, 6) is 0. The van der Waals surface area contributed by atoms with E-state index in [9.17, 15) is 8.78 Å². The van der Waals surface area contributed by atoms with Gasteiger partial charge in [-0.15, -0.1) is 0 Å². The lowest BCUT2D eigenvalue weighted by Gasteiger charge is -2.04. The summed E-state index contributed by atoms with van der Waals surface area (Å²) in [4.78, 5) is 3.58. The molecule has 0 fully saturated rings. The Morgan fingerprint density at radius 1 is 1.58 bits per heavy atom. The first-order chi connectivity index (χ1) is 5.52. The van der Waals surface area contributed by atoms with Crippen molar-refractivity contribution < 1.29 is 8.78 Å². The van der Waals surface area contributed by atoms with Gasteiger partial charge < -0.3 is 0 Å². The SMILES string of the molecule is Cc1cc(I)c(Cl)nc1C(F)F. The van der Waals surface area contributed by atoms with Crippen LogP contribution in [0.3, 0.4) is 0 Å². The van der Waals surface area contributed by atoms with E-state index in [4.69, 9.17) is 11.6 Å². The molecule has 1 nitrogen and oxygen atoms in total. The summed E-state index contributed by atoms with van der Waals surface area (Å²) < 4.78 is 25.1. The fourth-order valence-corrected chi connectivity index (χ4v) is 1.53. The van der Waals surface area contributed by atoms with Crippen LogP contribution in [0.15, 0.2) is 6.07 Å². The van der Waals surface area contributed by atoms with Crippen molar-refractivity contribution in [1.82, 2.24) is 4.98 Å². The van der Waals surface area contributed by atoms with Gasteiger partial charge in [-0.25, -0.2) is 13.8 Å². The molecule has 0 N–H and O–H groups in total. The summed E-state index contributed by atoms with van der Waals surface area (Å²) in [5, 5.41) is 0.136. The first-order valence-electron chi connectivity index (χ1n) is 3.13. The van der Waals surface area contributed by atoms with Crippen LogP contribution in [0.4, 0.5) is 8.78 Å². The van der Waals surface area contributed by atoms with Gasteiger partial charge in [0.25, 0.3) is 6.43 Å². The van der Waals surface area contributed by atoms with Crippen molar-refractivity contribution in [3.8, 4) is 0 Å². The number of pyridine rings is 1. The van der Waals surface area contributed by atoms with Crippen LogP contribution in [-0.2, 0) is 0 Å². The van der Waals surface area contributed by atoms with E-state index in [1.165, 1.54) is 0 Å². The molecule has 1 aromatic heterocycles. The third kappa shape index (κ3) is 2.04. The molecule has 0 spiro atoms. The molecular formula is C7H5ClF2IN. The van der Waals surface area contributed by atoms with Crippen molar-refractivity contribution in [2.24, 2.45) is 0 Å². The number of rotatable bonds is 1. The Labute approximate surface area is 87.3 Å². The second kappa shape index (κ2) is 3.83. The molecule has 0 aliphatic heterocycles. The maximum Gasteiger partial charge on any atom is 0.280 e. The zero-order chi connectivity index (χ0) is 9.30. The molecule has 1 rings (SSSR count). The Balaban J connectivity index is 3.23. The maximum atomic E-state index is 12.2. The predicted octanol–water partition coefficient (Wildman–Crippen LogP) is 3.59. The fraction of sp³-hybridized carbons (Fsp3) is 0.286. The van der Waals surface area contributed by atoms with E-state index < -0.39 is 6.43 Å². The zero-order valence-electron chi connectivity index (χ0n) is 6.11. The number of alkyl halides is 2. The number of halogens is 4. The van der Waals surface area contributed by atoms with Gasteiger partial charge in [0.1, 0.15) is 10.8 Å². The largest absolute Gasteiger partial charge is 0.280 e. The van der Waals surface area contributed by atoms with Crippen molar-refractivity contribution >= 4 is 34.2 Å². The normalized spacial score (nSPS) is 10.8. The van der Waals surface area contributed by atoms with Crippen molar-refractivity contribution in [2.45, 2.75) is 13.3 Å². The van der Waals surface area contributed by atoms with Crippen LogP contribution >= 0.6 is 34.2 Å². The molecule has 1 heterocycles. The number of hydrogen-bond donors (Lipinski definition) is 0. The molecular weight excluding hydrogens is 298 g/mol. The van der Waals surface area contributed by atoms with Crippen LogP contribution in [0.25, 0.3) is 0 Å². The number of aryl methyl sites for hydroxylation is 1. The summed E-state index contributed by atoms with van der Waals surface area (Å²) >= 11 is 7.53. The van der Waals surface area contributed by atoms with E-state index in [0.717, 1.165) is 0 Å². The number of aromatic nitrogens is 1. The molecule has 0 bridgehead atoms. The van der Waals surface area contributed by atoms with Crippen LogP contribution < -0.4 is 0 Å². The van der Waals surface area contributed by atoms with E-state index >= 15 is 0 Å². The average molecular weight is 303 g/mol. The highest BCUT2D eigenvalue weighted by molar-refractivity contribution is 14.1. The molecule has 1 aromatic rings. The lowest BCUT2D eigenvalue weighted by Crippen LogP contribution is -1.96. The minimum Gasteiger partial charge on any atom is -0.234 e. The third-order valence-electron chi connectivity index (χ3n) is 1.37. The number of hydrogen-bond acceptors (Lipinski definition) is 1. The minimum atomic E-state index is -2.56. The van der Waals surface area contributed by atoms with Crippen LogP contribution in [0.5, 0.6) is 0 Å². The Morgan fingerprint density at radius 3 is 2.67 bits per heavy atom.